The number of benzene rings is 1. The molecular formula is C22H32N4O7. The van der Waals surface area contributed by atoms with Gasteiger partial charge in [0.15, 0.2) is 0 Å². The molecule has 0 fully saturated rings. The Labute approximate surface area is 192 Å². The molecule has 0 aliphatic carbocycles. The summed E-state index contributed by atoms with van der Waals surface area (Å²) in [6.07, 6.45) is -0.303. The van der Waals surface area contributed by atoms with E-state index in [1.54, 1.807) is 0 Å². The molecule has 0 bridgehead atoms. The lowest BCUT2D eigenvalue weighted by Crippen LogP contribution is -2.57. The monoisotopic (exact) mass is 464 g/mol. The second-order valence-electron chi connectivity index (χ2n) is 8.21. The van der Waals surface area contributed by atoms with Crippen LogP contribution in [0.2, 0.25) is 0 Å². The van der Waals surface area contributed by atoms with Crippen molar-refractivity contribution in [1.29, 1.82) is 0 Å². The molecule has 0 aliphatic rings. The summed E-state index contributed by atoms with van der Waals surface area (Å²) in [6.45, 7) is 4.86. The Hall–Kier alpha value is -3.47. The molecule has 11 heteroatoms. The van der Waals surface area contributed by atoms with Gasteiger partial charge in [-0.3, -0.25) is 24.0 Å². The van der Waals surface area contributed by atoms with Crippen molar-refractivity contribution in [2.24, 2.45) is 11.7 Å². The third kappa shape index (κ3) is 10.1. The number of hydrogen-bond acceptors (Lipinski definition) is 6. The van der Waals surface area contributed by atoms with E-state index in [4.69, 9.17) is 15.9 Å². The van der Waals surface area contributed by atoms with E-state index in [1.165, 1.54) is 6.92 Å². The molecule has 0 heterocycles. The summed E-state index contributed by atoms with van der Waals surface area (Å²) in [7, 11) is 0. The Bertz CT molecular complexity index is 844. The third-order valence-electron chi connectivity index (χ3n) is 4.72. The Kier molecular flexibility index (Phi) is 11.0. The van der Waals surface area contributed by atoms with Crippen LogP contribution in [0, 0.1) is 5.92 Å². The van der Waals surface area contributed by atoms with Crippen molar-refractivity contribution < 1.29 is 34.2 Å². The number of carboxylic acids is 2. The maximum absolute atomic E-state index is 12.9. The molecule has 0 saturated heterocycles. The Morgan fingerprint density at radius 3 is 1.91 bits per heavy atom. The zero-order valence-electron chi connectivity index (χ0n) is 18.9. The number of amides is 3. The predicted octanol–water partition coefficient (Wildman–Crippen LogP) is -0.364. The van der Waals surface area contributed by atoms with Gasteiger partial charge in [-0.05, 0) is 31.2 Å². The lowest BCUT2D eigenvalue weighted by atomic mass is 10.0. The fraction of sp³-hybridized carbons (Fsp3) is 0.500. The van der Waals surface area contributed by atoms with E-state index in [0.717, 1.165) is 5.56 Å². The molecule has 1 aromatic rings. The zero-order chi connectivity index (χ0) is 25.1. The number of carbonyl (C=O) groups excluding carboxylic acids is 3. The first-order valence-corrected chi connectivity index (χ1v) is 10.6. The number of carbonyl (C=O) groups is 5. The summed E-state index contributed by atoms with van der Waals surface area (Å²) in [6, 6.07) is 4.29. The average Bonchev–Trinajstić information content (AvgIpc) is 2.72. The molecule has 0 saturated carbocycles. The first kappa shape index (κ1) is 27.6. The molecule has 0 radical (unpaired) electrons. The first-order chi connectivity index (χ1) is 15.4. The number of aliphatic carboxylic acids is 2. The van der Waals surface area contributed by atoms with E-state index < -0.39 is 60.2 Å². The third-order valence-corrected chi connectivity index (χ3v) is 4.72. The van der Waals surface area contributed by atoms with E-state index in [1.807, 2.05) is 44.2 Å². The Balaban J connectivity index is 2.91. The second-order valence-corrected chi connectivity index (χ2v) is 8.21. The van der Waals surface area contributed by atoms with Gasteiger partial charge in [0.1, 0.15) is 18.1 Å². The van der Waals surface area contributed by atoms with E-state index in [2.05, 4.69) is 16.0 Å². The minimum Gasteiger partial charge on any atom is -0.481 e. The maximum Gasteiger partial charge on any atom is 0.325 e. The Morgan fingerprint density at radius 2 is 1.39 bits per heavy atom. The highest BCUT2D eigenvalue weighted by atomic mass is 16.4. The van der Waals surface area contributed by atoms with Gasteiger partial charge >= 0.3 is 11.9 Å². The number of nitrogens with two attached hydrogens (primary N) is 1. The van der Waals surface area contributed by atoms with Gasteiger partial charge in [-0.25, -0.2) is 0 Å². The van der Waals surface area contributed by atoms with E-state index >= 15 is 0 Å². The highest BCUT2D eigenvalue weighted by Crippen LogP contribution is 2.08. The van der Waals surface area contributed by atoms with Gasteiger partial charge in [0.05, 0.1) is 12.5 Å². The van der Waals surface area contributed by atoms with Crippen LogP contribution in [0.3, 0.4) is 0 Å². The minimum absolute atomic E-state index is 0.0230. The summed E-state index contributed by atoms with van der Waals surface area (Å²) in [5.41, 5.74) is 6.83. The number of nitrogens with one attached hydrogen (secondary N) is 3. The second kappa shape index (κ2) is 13.2. The van der Waals surface area contributed by atoms with Crippen molar-refractivity contribution in [2.45, 2.75) is 64.2 Å². The molecule has 182 valence electrons. The van der Waals surface area contributed by atoms with Crippen molar-refractivity contribution in [3.63, 3.8) is 0 Å². The normalized spacial score (nSPS) is 14.5. The summed E-state index contributed by atoms with van der Waals surface area (Å²) in [4.78, 5) is 59.9. The van der Waals surface area contributed by atoms with Crippen LogP contribution < -0.4 is 21.7 Å². The first-order valence-electron chi connectivity index (χ1n) is 10.6. The number of hydrogen-bond donors (Lipinski definition) is 6. The van der Waals surface area contributed by atoms with Gasteiger partial charge in [-0.1, -0.05) is 44.2 Å². The van der Waals surface area contributed by atoms with Crippen LogP contribution in [0.25, 0.3) is 0 Å². The molecular weight excluding hydrogens is 432 g/mol. The van der Waals surface area contributed by atoms with Crippen LogP contribution >= 0.6 is 0 Å². The van der Waals surface area contributed by atoms with Gasteiger partial charge in [0, 0.05) is 0 Å². The van der Waals surface area contributed by atoms with Crippen LogP contribution in [0.15, 0.2) is 30.3 Å². The molecule has 4 unspecified atom stereocenters. The summed E-state index contributed by atoms with van der Waals surface area (Å²) < 4.78 is 0. The summed E-state index contributed by atoms with van der Waals surface area (Å²) in [5, 5.41) is 25.1. The fourth-order valence-electron chi connectivity index (χ4n) is 2.97. The molecule has 0 spiro atoms. The number of carboxylic acid groups (broad SMARTS) is 2. The molecule has 0 aliphatic heterocycles. The van der Waals surface area contributed by atoms with Crippen molar-refractivity contribution in [3.05, 3.63) is 35.9 Å². The quantitative estimate of drug-likeness (QED) is 0.228. The van der Waals surface area contributed by atoms with E-state index in [-0.39, 0.29) is 18.8 Å². The van der Waals surface area contributed by atoms with Crippen molar-refractivity contribution in [2.75, 3.05) is 0 Å². The van der Waals surface area contributed by atoms with Crippen LogP contribution in [0.5, 0.6) is 0 Å². The van der Waals surface area contributed by atoms with Crippen molar-refractivity contribution in [1.82, 2.24) is 16.0 Å². The maximum atomic E-state index is 12.9. The van der Waals surface area contributed by atoms with E-state index in [9.17, 15) is 24.0 Å². The topological polar surface area (TPSA) is 188 Å². The SMILES string of the molecule is CC(C)CC(NC(=O)C(N)Cc1ccccc1)C(=O)NC(CC(=O)O)C(=O)NC(C)C(=O)O. The van der Waals surface area contributed by atoms with Gasteiger partial charge in [0.2, 0.25) is 17.7 Å². The van der Waals surface area contributed by atoms with E-state index in [0.29, 0.717) is 0 Å². The van der Waals surface area contributed by atoms with Crippen LogP contribution in [0.4, 0.5) is 0 Å². The molecule has 33 heavy (non-hydrogen) atoms. The summed E-state index contributed by atoms with van der Waals surface area (Å²) in [5.74, 6) is -5.01. The molecule has 11 nitrogen and oxygen atoms in total. The van der Waals surface area contributed by atoms with Gasteiger partial charge in [0.25, 0.3) is 0 Å². The average molecular weight is 465 g/mol. The lowest BCUT2D eigenvalue weighted by Gasteiger charge is -2.25. The number of rotatable bonds is 13. The van der Waals surface area contributed by atoms with Gasteiger partial charge in [-0.2, -0.15) is 0 Å². The fourth-order valence-corrected chi connectivity index (χ4v) is 2.97. The Morgan fingerprint density at radius 1 is 0.848 bits per heavy atom. The molecule has 1 rings (SSSR count). The predicted molar refractivity (Wildman–Crippen MR) is 119 cm³/mol. The van der Waals surface area contributed by atoms with Gasteiger partial charge < -0.3 is 31.9 Å². The highest BCUT2D eigenvalue weighted by Gasteiger charge is 2.31. The zero-order valence-corrected chi connectivity index (χ0v) is 18.9. The molecule has 4 atom stereocenters. The molecule has 1 aromatic carbocycles. The largest absolute Gasteiger partial charge is 0.481 e. The molecule has 0 aromatic heterocycles. The van der Waals surface area contributed by atoms with Crippen molar-refractivity contribution in [3.8, 4) is 0 Å². The van der Waals surface area contributed by atoms with Crippen LogP contribution in [0.1, 0.15) is 39.2 Å². The standard InChI is InChI=1S/C22H32N4O7/c1-12(2)9-16(25-19(29)15(23)10-14-7-5-4-6-8-14)21(31)26-17(11-18(27)28)20(30)24-13(3)22(32)33/h4-8,12-13,15-17H,9-11,23H2,1-3H3,(H,24,30)(H,25,29)(H,26,31)(H,27,28)(H,32,33). The van der Waals surface area contributed by atoms with Crippen LogP contribution in [-0.4, -0.2) is 64.0 Å². The molecule has 3 amide bonds. The lowest BCUT2D eigenvalue weighted by molar-refractivity contribution is -0.143. The smallest absolute Gasteiger partial charge is 0.325 e. The van der Waals surface area contributed by atoms with Crippen LogP contribution in [-0.2, 0) is 30.4 Å². The van der Waals surface area contributed by atoms with Crippen molar-refractivity contribution >= 4 is 29.7 Å². The highest BCUT2D eigenvalue weighted by molar-refractivity contribution is 5.95. The minimum atomic E-state index is -1.53. The van der Waals surface area contributed by atoms with Gasteiger partial charge in [-0.15, -0.1) is 0 Å². The molecule has 7 N–H and O–H groups in total. The summed E-state index contributed by atoms with van der Waals surface area (Å²) >= 11 is 0.